The van der Waals surface area contributed by atoms with Crippen LogP contribution in [-0.4, -0.2) is 68.8 Å². The van der Waals surface area contributed by atoms with Crippen molar-refractivity contribution in [2.24, 2.45) is 0 Å². The molecule has 0 heterocycles. The molecule has 0 aliphatic rings. The van der Waals surface area contributed by atoms with Gasteiger partial charge < -0.3 is 4.28 Å². The Morgan fingerprint density at radius 1 is 0.900 bits per heavy atom. The molecule has 0 spiro atoms. The van der Waals surface area contributed by atoms with E-state index in [2.05, 4.69) is 0 Å². The first kappa shape index (κ1) is 23.1. The van der Waals surface area contributed by atoms with Crippen molar-refractivity contribution < 1.29 is 80.1 Å². The van der Waals surface area contributed by atoms with Crippen molar-refractivity contribution in [1.82, 2.24) is 0 Å². The van der Waals surface area contributed by atoms with E-state index in [0.717, 1.165) is 0 Å². The monoisotopic (exact) mass is 326 g/mol. The molecule has 0 bridgehead atoms. The Bertz CT molecular complexity index is 83.9. The second-order valence-electron chi connectivity index (χ2n) is 0.461. The van der Waals surface area contributed by atoms with Crippen molar-refractivity contribution in [3.05, 3.63) is 0 Å². The maximum absolute atomic E-state index is 8.76. The number of hydrogen-bond donors (Lipinski definition) is 4. The van der Waals surface area contributed by atoms with Crippen LogP contribution in [0.5, 0.6) is 0 Å². The van der Waals surface area contributed by atoms with Crippen molar-refractivity contribution in [3.8, 4) is 0 Å². The van der Waals surface area contributed by atoms with E-state index in [4.69, 9.17) is 24.4 Å². The Labute approximate surface area is 130 Å². The third kappa shape index (κ3) is 128. The van der Waals surface area contributed by atoms with E-state index in [1.165, 1.54) is 0 Å². The van der Waals surface area contributed by atoms with Gasteiger partial charge in [0.1, 0.15) is 0 Å². The van der Waals surface area contributed by atoms with Crippen LogP contribution in [0.15, 0.2) is 0 Å². The molecule has 0 saturated heterocycles. The molecule has 6 nitrogen and oxygen atoms in total. The Hall–Kier alpha value is 2.88. The molecule has 0 aromatic rings. The van der Waals surface area contributed by atoms with Gasteiger partial charge >= 0.3 is 128 Å². The van der Waals surface area contributed by atoms with Gasteiger partial charge in [0.05, 0.1) is 0 Å². The molecule has 0 rings (SSSR count). The van der Waals surface area contributed by atoms with E-state index in [9.17, 15) is 0 Å². The third-order valence-electron chi connectivity index (χ3n) is 0. The van der Waals surface area contributed by atoms with E-state index >= 15 is 0 Å². The van der Waals surface area contributed by atoms with E-state index < -0.39 is 29.0 Å². The largest absolute Gasteiger partial charge is 2.00 e. The van der Waals surface area contributed by atoms with Gasteiger partial charge in [-0.05, 0) is 0 Å². The third-order valence-corrected chi connectivity index (χ3v) is 0. The van der Waals surface area contributed by atoms with Crippen molar-refractivity contribution in [2.45, 2.75) is 0 Å². The Morgan fingerprint density at radius 3 is 0.900 bits per heavy atom. The summed E-state index contributed by atoms with van der Waals surface area (Å²) in [5, 5.41) is 0. The summed E-state index contributed by atoms with van der Waals surface area (Å²) in [5.41, 5.74) is 0. The van der Waals surface area contributed by atoms with Crippen molar-refractivity contribution in [2.75, 3.05) is 0 Å². The van der Waals surface area contributed by atoms with Crippen LogP contribution in [0.4, 0.5) is 0 Å². The van der Waals surface area contributed by atoms with E-state index in [-0.39, 0.29) is 78.7 Å². The smallest absolute Gasteiger partial charge is 1.00 e. The summed E-state index contributed by atoms with van der Waals surface area (Å²) < 4.78 is 46.2. The summed E-state index contributed by atoms with van der Waals surface area (Å²) in [7, 11) is 0. The first-order valence-electron chi connectivity index (χ1n) is 1.06. The van der Waals surface area contributed by atoms with Crippen LogP contribution in [0, 0.1) is 0 Å². The zero-order chi connectivity index (χ0) is 7.15. The Morgan fingerprint density at radius 2 is 0.900 bits per heavy atom. The zero-order valence-corrected chi connectivity index (χ0v) is 13.1. The van der Waals surface area contributed by atoms with Gasteiger partial charge in [-0.1, -0.05) is 0 Å². The van der Waals surface area contributed by atoms with Crippen LogP contribution >= 0.6 is 0 Å². The minimum absolute atomic E-state index is 0. The second-order valence-corrected chi connectivity index (χ2v) is 2.40. The fourth-order valence-corrected chi connectivity index (χ4v) is 0. The van der Waals surface area contributed by atoms with Crippen LogP contribution in [0.3, 0.4) is 0 Å². The predicted octanol–water partition coefficient (Wildman–Crippen LogP) is -6.27. The van der Waals surface area contributed by atoms with Crippen molar-refractivity contribution in [3.63, 3.8) is 0 Å². The van der Waals surface area contributed by atoms with Crippen molar-refractivity contribution in [1.29, 1.82) is 0 Å². The summed E-state index contributed by atoms with van der Waals surface area (Å²) >= 11 is -6.58. The first-order chi connectivity index (χ1) is 3.46. The topological polar surface area (TPSA) is 115 Å². The molecule has 0 aliphatic heterocycles. The summed E-state index contributed by atoms with van der Waals surface area (Å²) in [6.45, 7) is 0. The van der Waals surface area contributed by atoms with E-state index in [0.29, 0.717) is 0 Å². The standard InChI is InChI=1S/K.Mg.2H2O3Se.3H/c;;2*1-4(2)3;;;/h;;2*(H2,1,2,3);;;/q+1;+2;;;3*-1. The average Bonchev–Trinajstić information content (AvgIpc) is 1.25. The number of rotatable bonds is 0. The van der Waals surface area contributed by atoms with Crippen LogP contribution < -0.4 is 51.4 Å². The molecule has 0 radical (unpaired) electrons. The van der Waals surface area contributed by atoms with E-state index in [1.54, 1.807) is 0 Å². The van der Waals surface area contributed by atoms with Gasteiger partial charge in [-0.25, -0.2) is 0 Å². The fraction of sp³-hybridized carbons (Fsp3) is 0. The van der Waals surface area contributed by atoms with Gasteiger partial charge in [0.25, 0.3) is 0 Å². The normalized spacial score (nSPS) is 7.00. The Balaban J connectivity index is -0.00000000800. The van der Waals surface area contributed by atoms with Crippen LogP contribution in [0.1, 0.15) is 4.28 Å². The van der Waals surface area contributed by atoms with E-state index in [1.807, 2.05) is 0 Å². The molecule has 0 aromatic carbocycles. The molecule has 4 N–H and O–H groups in total. The van der Waals surface area contributed by atoms with Gasteiger partial charge in [0.2, 0.25) is 0 Å². The SMILES string of the molecule is O=[Se](O)O.O=[Se](O)O.[H-].[H-].[H-].[K+].[Mg+2]. The molecular formula is H7KMgO6Se2. The van der Waals surface area contributed by atoms with Crippen LogP contribution in [-0.2, 0) is 7.67 Å². The molecular weight excluding hydrogens is 317 g/mol. The van der Waals surface area contributed by atoms with Gasteiger partial charge in [-0.15, -0.1) is 0 Å². The van der Waals surface area contributed by atoms with Crippen LogP contribution in [0.25, 0.3) is 0 Å². The van der Waals surface area contributed by atoms with Gasteiger partial charge in [-0.2, -0.15) is 0 Å². The van der Waals surface area contributed by atoms with Crippen molar-refractivity contribution >= 4 is 52.0 Å². The molecule has 10 heavy (non-hydrogen) atoms. The van der Waals surface area contributed by atoms with Gasteiger partial charge in [0.15, 0.2) is 0 Å². The summed E-state index contributed by atoms with van der Waals surface area (Å²) in [6.07, 6.45) is 0. The molecule has 0 unspecified atom stereocenters. The molecule has 0 aliphatic carbocycles. The molecule has 0 fully saturated rings. The average molecular weight is 324 g/mol. The molecule has 0 aromatic heterocycles. The maximum Gasteiger partial charge on any atom is 2.00 e. The molecule has 10 heteroatoms. The summed E-state index contributed by atoms with van der Waals surface area (Å²) in [5.74, 6) is 0. The second kappa shape index (κ2) is 17.8. The van der Waals surface area contributed by atoms with Gasteiger partial charge in [0, 0.05) is 0 Å². The zero-order valence-electron chi connectivity index (χ0n) is 8.13. The van der Waals surface area contributed by atoms with Gasteiger partial charge in [-0.3, -0.25) is 0 Å². The molecule has 58 valence electrons. The predicted molar refractivity (Wildman–Crippen MR) is 30.8 cm³/mol. The first-order valence-corrected chi connectivity index (χ1v) is 5.53. The fourth-order valence-electron chi connectivity index (χ4n) is 0. The molecule has 0 saturated carbocycles. The summed E-state index contributed by atoms with van der Waals surface area (Å²) in [6, 6.07) is 0. The molecule has 0 atom stereocenters. The minimum atomic E-state index is -3.29. The molecule has 0 amide bonds. The van der Waals surface area contributed by atoms with Crippen LogP contribution in [0.2, 0.25) is 0 Å². The maximum atomic E-state index is 8.76. The number of hydrogen-bond acceptors (Lipinski definition) is 2. The Kier molecular flexibility index (Phi) is 41.1. The minimum Gasteiger partial charge on any atom is -1.00 e. The summed E-state index contributed by atoms with van der Waals surface area (Å²) in [4.78, 5) is 0. The quantitative estimate of drug-likeness (QED) is 0.330.